The van der Waals surface area contributed by atoms with Crippen LogP contribution >= 0.6 is 0 Å². The van der Waals surface area contributed by atoms with Crippen LogP contribution < -0.4 is 4.74 Å². The molecule has 3 rings (SSSR count). The zero-order valence-electron chi connectivity index (χ0n) is 15.9. The van der Waals surface area contributed by atoms with Crippen molar-refractivity contribution < 1.29 is 22.7 Å². The van der Waals surface area contributed by atoms with Gasteiger partial charge in [0.1, 0.15) is 5.75 Å². The standard InChI is InChI=1S/C20H24N2O5S/c1-21-11-13-22(14-12-21)28(24,25)20(16-7-4-3-5-8-16)27-18-10-6-9-17(15-18)19(23)26-2/h3-10,15,20H,11-14H2,1-2H3. The fourth-order valence-electron chi connectivity index (χ4n) is 3.03. The molecule has 1 aliphatic rings. The van der Waals surface area contributed by atoms with Gasteiger partial charge in [0.2, 0.25) is 5.44 Å². The first kappa shape index (κ1) is 20.3. The second-order valence-electron chi connectivity index (χ2n) is 6.63. The van der Waals surface area contributed by atoms with Crippen LogP contribution in [-0.2, 0) is 14.8 Å². The molecular formula is C20H24N2O5S. The molecule has 1 unspecified atom stereocenters. The lowest BCUT2D eigenvalue weighted by Gasteiger charge is -2.34. The summed E-state index contributed by atoms with van der Waals surface area (Å²) in [5.41, 5.74) is -0.376. The highest BCUT2D eigenvalue weighted by Crippen LogP contribution is 2.30. The van der Waals surface area contributed by atoms with Crippen molar-refractivity contribution in [2.75, 3.05) is 40.3 Å². The predicted octanol–water partition coefficient (Wildman–Crippen LogP) is 2.13. The van der Waals surface area contributed by atoms with Crippen molar-refractivity contribution >= 4 is 16.0 Å². The highest BCUT2D eigenvalue weighted by atomic mass is 32.2. The van der Waals surface area contributed by atoms with E-state index in [1.165, 1.54) is 17.5 Å². The first-order valence-corrected chi connectivity index (χ1v) is 10.5. The number of benzene rings is 2. The minimum Gasteiger partial charge on any atom is -0.468 e. The van der Waals surface area contributed by atoms with Crippen molar-refractivity contribution in [2.45, 2.75) is 5.44 Å². The average molecular weight is 404 g/mol. The number of hydrogen-bond acceptors (Lipinski definition) is 6. The normalized spacial score (nSPS) is 17.1. The SMILES string of the molecule is COC(=O)c1cccc(OC(c2ccccc2)S(=O)(=O)N2CCN(C)CC2)c1. The molecule has 0 saturated carbocycles. The molecule has 1 aliphatic heterocycles. The van der Waals surface area contributed by atoms with Crippen molar-refractivity contribution in [3.63, 3.8) is 0 Å². The van der Waals surface area contributed by atoms with E-state index in [1.54, 1.807) is 42.5 Å². The van der Waals surface area contributed by atoms with Crippen LogP contribution in [0.1, 0.15) is 21.4 Å². The molecule has 0 aromatic heterocycles. The molecule has 28 heavy (non-hydrogen) atoms. The highest BCUT2D eigenvalue weighted by molar-refractivity contribution is 7.89. The fraction of sp³-hybridized carbons (Fsp3) is 0.350. The predicted molar refractivity (Wildman–Crippen MR) is 106 cm³/mol. The number of hydrogen-bond donors (Lipinski definition) is 0. The van der Waals surface area contributed by atoms with E-state index in [0.717, 1.165) is 0 Å². The van der Waals surface area contributed by atoms with Crippen LogP contribution in [0.4, 0.5) is 0 Å². The Morgan fingerprint density at radius 2 is 1.68 bits per heavy atom. The van der Waals surface area contributed by atoms with Crippen LogP contribution in [0.3, 0.4) is 0 Å². The average Bonchev–Trinajstić information content (AvgIpc) is 2.72. The summed E-state index contributed by atoms with van der Waals surface area (Å²) in [7, 11) is -0.511. The molecule has 0 aliphatic carbocycles. The molecule has 150 valence electrons. The van der Waals surface area contributed by atoms with Gasteiger partial charge >= 0.3 is 5.97 Å². The Bertz CT molecular complexity index is 909. The lowest BCUT2D eigenvalue weighted by Crippen LogP contribution is -2.49. The van der Waals surface area contributed by atoms with Crippen molar-refractivity contribution in [1.82, 2.24) is 9.21 Å². The van der Waals surface area contributed by atoms with E-state index in [0.29, 0.717) is 37.3 Å². The number of likely N-dealkylation sites (N-methyl/N-ethyl adjacent to an activating group) is 1. The lowest BCUT2D eigenvalue weighted by molar-refractivity contribution is 0.0600. The molecule has 0 radical (unpaired) electrons. The summed E-state index contributed by atoms with van der Waals surface area (Å²) < 4.78 is 38.9. The van der Waals surface area contributed by atoms with E-state index < -0.39 is 21.4 Å². The number of ether oxygens (including phenoxy) is 2. The fourth-order valence-corrected chi connectivity index (χ4v) is 4.70. The molecule has 2 aromatic rings. The number of sulfonamides is 1. The first-order valence-electron chi connectivity index (χ1n) is 8.99. The van der Waals surface area contributed by atoms with Crippen molar-refractivity contribution in [3.05, 3.63) is 65.7 Å². The molecule has 1 heterocycles. The quantitative estimate of drug-likeness (QED) is 0.687. The van der Waals surface area contributed by atoms with Crippen LogP contribution in [0.5, 0.6) is 5.75 Å². The van der Waals surface area contributed by atoms with Gasteiger partial charge in [-0.25, -0.2) is 13.2 Å². The Morgan fingerprint density at radius 3 is 2.32 bits per heavy atom. The molecule has 0 spiro atoms. The summed E-state index contributed by atoms with van der Waals surface area (Å²) in [6.07, 6.45) is 0. The van der Waals surface area contributed by atoms with Gasteiger partial charge in [0.05, 0.1) is 12.7 Å². The second-order valence-corrected chi connectivity index (χ2v) is 8.60. The molecule has 2 aromatic carbocycles. The molecule has 7 nitrogen and oxygen atoms in total. The van der Waals surface area contributed by atoms with Gasteiger partial charge in [-0.05, 0) is 25.2 Å². The van der Waals surface area contributed by atoms with Gasteiger partial charge in [0.25, 0.3) is 10.0 Å². The number of methoxy groups -OCH3 is 1. The van der Waals surface area contributed by atoms with E-state index in [-0.39, 0.29) is 5.75 Å². The van der Waals surface area contributed by atoms with Crippen LogP contribution in [0, 0.1) is 0 Å². The number of esters is 1. The topological polar surface area (TPSA) is 76.1 Å². The van der Waals surface area contributed by atoms with Gasteiger partial charge in [-0.2, -0.15) is 4.31 Å². The zero-order valence-corrected chi connectivity index (χ0v) is 16.8. The molecule has 0 bridgehead atoms. The smallest absolute Gasteiger partial charge is 0.337 e. The highest BCUT2D eigenvalue weighted by Gasteiger charge is 2.36. The Labute approximate surface area is 165 Å². The molecular weight excluding hydrogens is 380 g/mol. The van der Waals surface area contributed by atoms with Crippen LogP contribution in [0.2, 0.25) is 0 Å². The maximum Gasteiger partial charge on any atom is 0.337 e. The monoisotopic (exact) mass is 404 g/mol. The molecule has 1 saturated heterocycles. The number of piperazine rings is 1. The minimum atomic E-state index is -3.77. The van der Waals surface area contributed by atoms with Gasteiger partial charge in [-0.15, -0.1) is 0 Å². The summed E-state index contributed by atoms with van der Waals surface area (Å²) in [6, 6.07) is 15.2. The lowest BCUT2D eigenvalue weighted by atomic mass is 10.2. The maximum atomic E-state index is 13.4. The summed E-state index contributed by atoms with van der Waals surface area (Å²) in [4.78, 5) is 13.9. The summed E-state index contributed by atoms with van der Waals surface area (Å²) in [5.74, 6) is -0.224. The van der Waals surface area contributed by atoms with E-state index >= 15 is 0 Å². The third kappa shape index (κ3) is 4.52. The Balaban J connectivity index is 1.93. The number of carbonyl (C=O) groups excluding carboxylic acids is 1. The van der Waals surface area contributed by atoms with E-state index in [2.05, 4.69) is 4.90 Å². The van der Waals surface area contributed by atoms with Crippen LogP contribution in [-0.4, -0.2) is 63.9 Å². The Morgan fingerprint density at radius 1 is 1.00 bits per heavy atom. The van der Waals surface area contributed by atoms with Gasteiger partial charge in [-0.3, -0.25) is 0 Å². The number of rotatable bonds is 6. The second kappa shape index (κ2) is 8.72. The van der Waals surface area contributed by atoms with Crippen molar-refractivity contribution in [3.8, 4) is 5.75 Å². The minimum absolute atomic E-state index is 0.287. The summed E-state index contributed by atoms with van der Waals surface area (Å²) in [6.45, 7) is 2.15. The zero-order chi connectivity index (χ0) is 20.1. The Hall–Kier alpha value is -2.42. The van der Waals surface area contributed by atoms with E-state index in [4.69, 9.17) is 9.47 Å². The number of carbonyl (C=O) groups is 1. The molecule has 0 amide bonds. The van der Waals surface area contributed by atoms with E-state index in [1.807, 2.05) is 13.1 Å². The molecule has 1 atom stereocenters. The first-order chi connectivity index (χ1) is 13.4. The van der Waals surface area contributed by atoms with Gasteiger partial charge in [0, 0.05) is 31.7 Å². The van der Waals surface area contributed by atoms with Gasteiger partial charge in [-0.1, -0.05) is 36.4 Å². The number of nitrogens with zero attached hydrogens (tertiary/aromatic N) is 2. The third-order valence-corrected chi connectivity index (χ3v) is 6.66. The van der Waals surface area contributed by atoms with Crippen LogP contribution in [0.25, 0.3) is 0 Å². The van der Waals surface area contributed by atoms with Crippen molar-refractivity contribution in [1.29, 1.82) is 0 Å². The molecule has 8 heteroatoms. The summed E-state index contributed by atoms with van der Waals surface area (Å²) in [5, 5.41) is 0. The van der Waals surface area contributed by atoms with E-state index in [9.17, 15) is 13.2 Å². The van der Waals surface area contributed by atoms with Gasteiger partial charge < -0.3 is 14.4 Å². The maximum absolute atomic E-state index is 13.4. The molecule has 1 fully saturated rings. The Kier molecular flexibility index (Phi) is 6.33. The van der Waals surface area contributed by atoms with Crippen molar-refractivity contribution in [2.24, 2.45) is 0 Å². The summed E-state index contributed by atoms with van der Waals surface area (Å²) >= 11 is 0. The third-order valence-electron chi connectivity index (χ3n) is 4.66. The van der Waals surface area contributed by atoms with Crippen LogP contribution in [0.15, 0.2) is 54.6 Å². The molecule has 0 N–H and O–H groups in total. The van der Waals surface area contributed by atoms with Gasteiger partial charge in [0.15, 0.2) is 0 Å². The largest absolute Gasteiger partial charge is 0.468 e.